The van der Waals surface area contributed by atoms with Gasteiger partial charge in [-0.3, -0.25) is 4.79 Å². The van der Waals surface area contributed by atoms with Crippen molar-refractivity contribution in [2.24, 2.45) is 5.92 Å². The number of unbranched alkanes of at least 4 members (excludes halogenated alkanes) is 2. The highest BCUT2D eigenvalue weighted by Gasteiger charge is 2.08. The van der Waals surface area contributed by atoms with Crippen LogP contribution in [0.15, 0.2) is 22.8 Å². The van der Waals surface area contributed by atoms with Gasteiger partial charge in [-0.15, -0.1) is 0 Å². The van der Waals surface area contributed by atoms with Crippen LogP contribution in [0.25, 0.3) is 0 Å². The van der Waals surface area contributed by atoms with Crippen molar-refractivity contribution < 1.29 is 23.5 Å². The fourth-order valence-corrected chi connectivity index (χ4v) is 1.49. The monoisotopic (exact) mass is 326 g/mol. The molecular formula is C18H30O5. The fourth-order valence-electron chi connectivity index (χ4n) is 1.49. The third kappa shape index (κ3) is 12.4. The summed E-state index contributed by atoms with van der Waals surface area (Å²) in [6.45, 7) is 9.18. The molecule has 0 N–H and O–H groups in total. The minimum Gasteiger partial charge on any atom is -0.466 e. The standard InChI is InChI=1S/C10H14O3.C8H16O2/c1-2-3-4-7-13-10(11)9-6-5-8-12-9;1-4-8(9)10-6-5-7(2)3/h5-6,8H,2-4,7H2,1H3;7H,4-6H2,1-3H3. The number of carbonyl (C=O) groups excluding carboxylic acids is 2. The Hall–Kier alpha value is -1.78. The van der Waals surface area contributed by atoms with Gasteiger partial charge in [0.05, 0.1) is 19.5 Å². The molecule has 23 heavy (non-hydrogen) atoms. The van der Waals surface area contributed by atoms with E-state index < -0.39 is 0 Å². The molecule has 1 aromatic rings. The van der Waals surface area contributed by atoms with Gasteiger partial charge in [0.1, 0.15) is 0 Å². The second kappa shape index (κ2) is 13.9. The summed E-state index contributed by atoms with van der Waals surface area (Å²) in [5.41, 5.74) is 0. The summed E-state index contributed by atoms with van der Waals surface area (Å²) in [5, 5.41) is 0. The Labute approximate surface area is 139 Å². The first kappa shape index (κ1) is 21.2. The van der Waals surface area contributed by atoms with Gasteiger partial charge in [0.25, 0.3) is 0 Å². The van der Waals surface area contributed by atoms with E-state index in [0.29, 0.717) is 25.6 Å². The lowest BCUT2D eigenvalue weighted by Gasteiger charge is -2.04. The van der Waals surface area contributed by atoms with E-state index in [1.165, 1.54) is 6.26 Å². The average Bonchev–Trinajstić information content (AvgIpc) is 3.06. The van der Waals surface area contributed by atoms with Crippen LogP contribution >= 0.6 is 0 Å². The van der Waals surface area contributed by atoms with E-state index in [1.807, 2.05) is 0 Å². The van der Waals surface area contributed by atoms with Crippen LogP contribution in [0.2, 0.25) is 0 Å². The summed E-state index contributed by atoms with van der Waals surface area (Å²) < 4.78 is 14.7. The second-order valence-corrected chi connectivity index (χ2v) is 5.58. The topological polar surface area (TPSA) is 65.7 Å². The van der Waals surface area contributed by atoms with E-state index in [1.54, 1.807) is 19.1 Å². The van der Waals surface area contributed by atoms with E-state index in [0.717, 1.165) is 25.7 Å². The molecule has 1 heterocycles. The average molecular weight is 326 g/mol. The maximum Gasteiger partial charge on any atom is 0.374 e. The van der Waals surface area contributed by atoms with Crippen LogP contribution in [0.4, 0.5) is 0 Å². The Morgan fingerprint density at radius 2 is 1.87 bits per heavy atom. The van der Waals surface area contributed by atoms with Crippen molar-refractivity contribution in [3.05, 3.63) is 24.2 Å². The first-order chi connectivity index (χ1) is 11.0. The second-order valence-electron chi connectivity index (χ2n) is 5.58. The van der Waals surface area contributed by atoms with Crippen molar-refractivity contribution in [3.63, 3.8) is 0 Å². The molecule has 0 radical (unpaired) electrons. The predicted molar refractivity (Wildman–Crippen MR) is 89.2 cm³/mol. The molecule has 0 atom stereocenters. The van der Waals surface area contributed by atoms with Crippen LogP contribution < -0.4 is 0 Å². The Morgan fingerprint density at radius 3 is 2.39 bits per heavy atom. The summed E-state index contributed by atoms with van der Waals surface area (Å²) >= 11 is 0. The van der Waals surface area contributed by atoms with Gasteiger partial charge < -0.3 is 13.9 Å². The van der Waals surface area contributed by atoms with Gasteiger partial charge >= 0.3 is 11.9 Å². The lowest BCUT2D eigenvalue weighted by atomic mass is 10.1. The lowest BCUT2D eigenvalue weighted by molar-refractivity contribution is -0.143. The van der Waals surface area contributed by atoms with Crippen LogP contribution in [0.1, 0.15) is 70.4 Å². The molecular weight excluding hydrogens is 296 g/mol. The summed E-state index contributed by atoms with van der Waals surface area (Å²) in [6.07, 6.45) is 6.04. The molecule has 0 aliphatic heterocycles. The predicted octanol–water partition coefficient (Wildman–Crippen LogP) is 4.61. The maximum atomic E-state index is 11.2. The van der Waals surface area contributed by atoms with Crippen LogP contribution in [0, 0.1) is 5.92 Å². The highest BCUT2D eigenvalue weighted by molar-refractivity contribution is 5.86. The molecule has 132 valence electrons. The number of furan rings is 1. The summed E-state index contributed by atoms with van der Waals surface area (Å²) in [4.78, 5) is 21.7. The van der Waals surface area contributed by atoms with Crippen molar-refractivity contribution in [3.8, 4) is 0 Å². The number of hydrogen-bond donors (Lipinski definition) is 0. The van der Waals surface area contributed by atoms with Crippen molar-refractivity contribution >= 4 is 11.9 Å². The van der Waals surface area contributed by atoms with Crippen molar-refractivity contribution in [2.45, 2.75) is 59.8 Å². The zero-order chi connectivity index (χ0) is 17.5. The Bertz CT molecular complexity index is 409. The Morgan fingerprint density at radius 1 is 1.13 bits per heavy atom. The molecule has 0 fully saturated rings. The third-order valence-electron chi connectivity index (χ3n) is 2.95. The number of carbonyl (C=O) groups is 2. The normalized spacial score (nSPS) is 9.96. The van der Waals surface area contributed by atoms with Crippen molar-refractivity contribution in [1.29, 1.82) is 0 Å². The Kier molecular flexibility index (Phi) is 12.8. The van der Waals surface area contributed by atoms with Crippen LogP contribution in [-0.4, -0.2) is 25.2 Å². The molecule has 1 rings (SSSR count). The summed E-state index contributed by atoms with van der Waals surface area (Å²) in [5.74, 6) is 0.419. The SMILES string of the molecule is CCC(=O)OCCC(C)C.CCCCCOC(=O)c1ccco1. The molecule has 0 aromatic carbocycles. The molecule has 0 bridgehead atoms. The van der Waals surface area contributed by atoms with Crippen LogP contribution in [-0.2, 0) is 14.3 Å². The van der Waals surface area contributed by atoms with Gasteiger partial charge in [-0.1, -0.05) is 40.5 Å². The van der Waals surface area contributed by atoms with E-state index in [-0.39, 0.29) is 17.7 Å². The van der Waals surface area contributed by atoms with E-state index in [9.17, 15) is 9.59 Å². The minimum absolute atomic E-state index is 0.0966. The first-order valence-corrected chi connectivity index (χ1v) is 8.37. The van der Waals surface area contributed by atoms with Crippen LogP contribution in [0.5, 0.6) is 0 Å². The zero-order valence-corrected chi connectivity index (χ0v) is 14.8. The molecule has 0 amide bonds. The molecule has 0 spiro atoms. The smallest absolute Gasteiger partial charge is 0.374 e. The highest BCUT2D eigenvalue weighted by Crippen LogP contribution is 2.03. The quantitative estimate of drug-likeness (QED) is 0.489. The Balaban J connectivity index is 0.000000438. The summed E-state index contributed by atoms with van der Waals surface area (Å²) in [6, 6.07) is 3.27. The first-order valence-electron chi connectivity index (χ1n) is 8.37. The van der Waals surface area contributed by atoms with Gasteiger partial charge in [-0.05, 0) is 30.9 Å². The van der Waals surface area contributed by atoms with Crippen LogP contribution in [0.3, 0.4) is 0 Å². The lowest BCUT2D eigenvalue weighted by Crippen LogP contribution is -2.05. The number of ether oxygens (including phenoxy) is 2. The van der Waals surface area contributed by atoms with E-state index in [4.69, 9.17) is 13.9 Å². The maximum absolute atomic E-state index is 11.2. The van der Waals surface area contributed by atoms with Gasteiger partial charge in [-0.2, -0.15) is 0 Å². The number of rotatable bonds is 9. The third-order valence-corrected chi connectivity index (χ3v) is 2.95. The molecule has 0 aliphatic rings. The van der Waals surface area contributed by atoms with Gasteiger partial charge in [0.2, 0.25) is 5.76 Å². The van der Waals surface area contributed by atoms with Gasteiger partial charge in [0, 0.05) is 6.42 Å². The molecule has 1 aromatic heterocycles. The van der Waals surface area contributed by atoms with Crippen molar-refractivity contribution in [2.75, 3.05) is 13.2 Å². The van der Waals surface area contributed by atoms with E-state index in [2.05, 4.69) is 20.8 Å². The molecule has 0 saturated carbocycles. The molecule has 5 nitrogen and oxygen atoms in total. The largest absolute Gasteiger partial charge is 0.466 e. The highest BCUT2D eigenvalue weighted by atomic mass is 16.5. The number of esters is 2. The number of hydrogen-bond acceptors (Lipinski definition) is 5. The minimum atomic E-state index is -0.374. The molecule has 5 heteroatoms. The zero-order valence-electron chi connectivity index (χ0n) is 14.8. The molecule has 0 aliphatic carbocycles. The van der Waals surface area contributed by atoms with Crippen molar-refractivity contribution in [1.82, 2.24) is 0 Å². The fraction of sp³-hybridized carbons (Fsp3) is 0.667. The molecule has 0 saturated heterocycles. The van der Waals surface area contributed by atoms with E-state index >= 15 is 0 Å². The summed E-state index contributed by atoms with van der Waals surface area (Å²) in [7, 11) is 0. The molecule has 0 unspecified atom stereocenters. The van der Waals surface area contributed by atoms with Gasteiger partial charge in [-0.25, -0.2) is 4.79 Å². The van der Waals surface area contributed by atoms with Gasteiger partial charge in [0.15, 0.2) is 0 Å².